The number of hydrogen-bond donors (Lipinski definition) is 3. The van der Waals surface area contributed by atoms with Gasteiger partial charge in [-0.05, 0) is 107 Å². The van der Waals surface area contributed by atoms with Gasteiger partial charge in [0.2, 0.25) is 23.6 Å². The number of amides is 4. The number of ether oxygens (including phenoxy) is 1. The number of nitrogens with zero attached hydrogens (tertiary/aromatic N) is 5. The summed E-state index contributed by atoms with van der Waals surface area (Å²) in [6.45, 7) is 1.58. The number of piperidine rings is 1. The Bertz CT molecular complexity index is 2290. The number of nitrogens with one attached hydrogen (secondary N) is 2. The Kier molecular flexibility index (Phi) is 13.9. The van der Waals surface area contributed by atoms with Crippen molar-refractivity contribution < 1.29 is 33.4 Å². The Morgan fingerprint density at radius 1 is 1.00 bits per heavy atom. The monoisotopic (exact) mass is 889 g/mol. The number of imidazole rings is 1. The number of fused-ring (bicyclic) bond motifs is 2. The fourth-order valence-electron chi connectivity index (χ4n) is 8.60. The number of carbonyl (C=O) groups excluding carboxylic acids is 4. The predicted molar refractivity (Wildman–Crippen MR) is 234 cm³/mol. The van der Waals surface area contributed by atoms with Crippen LogP contribution in [0.15, 0.2) is 66.9 Å². The lowest BCUT2D eigenvalue weighted by molar-refractivity contribution is -0.148. The molecular weight excluding hydrogens is 836 g/mol. The Hall–Kier alpha value is -5.02. The van der Waals surface area contributed by atoms with Crippen LogP contribution < -0.4 is 15.4 Å². The van der Waals surface area contributed by atoms with Gasteiger partial charge in [-0.15, -0.1) is 0 Å². The van der Waals surface area contributed by atoms with E-state index in [2.05, 4.69) is 15.6 Å². The molecule has 7 rings (SSSR count). The summed E-state index contributed by atoms with van der Waals surface area (Å²) in [5, 5.41) is 16.9. The van der Waals surface area contributed by atoms with E-state index in [-0.39, 0.29) is 41.1 Å². The Balaban J connectivity index is 1.19. The molecule has 3 heterocycles. The van der Waals surface area contributed by atoms with Crippen LogP contribution in [0.3, 0.4) is 0 Å². The van der Waals surface area contributed by atoms with Crippen molar-refractivity contribution in [3.63, 3.8) is 0 Å². The minimum absolute atomic E-state index is 0.0277. The molecule has 2 saturated heterocycles. The number of carbonyl (C=O) groups is 4. The molecule has 3 aromatic carbocycles. The van der Waals surface area contributed by atoms with Gasteiger partial charge in [0.25, 0.3) is 0 Å². The van der Waals surface area contributed by atoms with Crippen molar-refractivity contribution in [2.24, 2.45) is 18.9 Å². The number of aliphatic hydroxyl groups excluding tert-OH is 1. The van der Waals surface area contributed by atoms with Crippen LogP contribution in [-0.4, -0.2) is 104 Å². The van der Waals surface area contributed by atoms with E-state index in [0.717, 1.165) is 41.6 Å². The predicted octanol–water partition coefficient (Wildman–Crippen LogP) is 6.12. The second kappa shape index (κ2) is 19.2. The molecule has 2 bridgehead atoms. The number of rotatable bonds is 12. The van der Waals surface area contributed by atoms with Gasteiger partial charge in [-0.2, -0.15) is 0 Å². The maximum Gasteiger partial charge on any atom is 0.245 e. The molecule has 1 saturated carbocycles. The van der Waals surface area contributed by atoms with Crippen LogP contribution in [0.2, 0.25) is 10.0 Å². The molecule has 4 aromatic rings. The summed E-state index contributed by atoms with van der Waals surface area (Å²) in [6.07, 6.45) is 5.42. The first-order chi connectivity index (χ1) is 29.6. The SMILES string of the molecule is C[C@H]1C(=O)N[C@@H](CO)C(=O)N[C@@]2(Cc3ccc(Cl)cc3)CCCN(C2)C(=O)[C@H](CC2CC2)CC(=O)N1Cc1c(F)cc(Cl)cc1Oc1ccc(-c2cnc(CN(C)C)n2C)cc1. The zero-order chi connectivity index (χ0) is 44.3. The standard InChI is InChI=1S/C46H54Cl2FN7O6/c1-28-43(59)51-38(26-57)44(60)52-46(22-30-8-12-33(47)13-9-30)16-5-17-55(27-46)45(61)32(18-29-6-7-29)19-42(58)56(28)24-36-37(49)20-34(48)21-40(36)62-35-14-10-31(11-15-35)39-23-50-41(54(39)4)25-53(2)3/h8-15,20-21,23,28-29,32,38,57H,5-7,16-19,22,24-27H2,1-4H3,(H,51,59)(H,52,60)/t28-,32+,38-,46+/m0/s1. The molecule has 0 radical (unpaired) electrons. The van der Waals surface area contributed by atoms with Gasteiger partial charge in [0.05, 0.1) is 37.1 Å². The van der Waals surface area contributed by atoms with Crippen LogP contribution in [0.4, 0.5) is 4.39 Å². The first-order valence-corrected chi connectivity index (χ1v) is 21.8. The van der Waals surface area contributed by atoms with Crippen LogP contribution in [0.5, 0.6) is 11.5 Å². The number of halogens is 3. The van der Waals surface area contributed by atoms with Gasteiger partial charge < -0.3 is 39.7 Å². The Labute approximate surface area is 371 Å². The highest BCUT2D eigenvalue weighted by Crippen LogP contribution is 2.39. The highest BCUT2D eigenvalue weighted by Gasteiger charge is 2.44. The number of benzene rings is 3. The number of hydrogen-bond acceptors (Lipinski definition) is 8. The van der Waals surface area contributed by atoms with Gasteiger partial charge in [-0.1, -0.05) is 48.2 Å². The van der Waals surface area contributed by atoms with Crippen molar-refractivity contribution in [2.75, 3.05) is 33.8 Å². The molecule has 62 heavy (non-hydrogen) atoms. The third-order valence-electron chi connectivity index (χ3n) is 12.2. The molecule has 2 aliphatic heterocycles. The lowest BCUT2D eigenvalue weighted by Crippen LogP contribution is -2.65. The zero-order valence-corrected chi connectivity index (χ0v) is 37.0. The van der Waals surface area contributed by atoms with Crippen LogP contribution in [0, 0.1) is 17.7 Å². The summed E-state index contributed by atoms with van der Waals surface area (Å²) in [6, 6.07) is 14.3. The first kappa shape index (κ1) is 45.0. The molecule has 13 nitrogen and oxygen atoms in total. The molecule has 3 N–H and O–H groups in total. The Morgan fingerprint density at radius 2 is 1.73 bits per heavy atom. The molecule has 16 heteroatoms. The largest absolute Gasteiger partial charge is 0.457 e. The van der Waals surface area contributed by atoms with Gasteiger partial charge >= 0.3 is 0 Å². The van der Waals surface area contributed by atoms with Gasteiger partial charge in [0.1, 0.15) is 35.2 Å². The fourth-order valence-corrected chi connectivity index (χ4v) is 8.92. The highest BCUT2D eigenvalue weighted by molar-refractivity contribution is 6.31. The van der Waals surface area contributed by atoms with E-state index < -0.39 is 60.2 Å². The van der Waals surface area contributed by atoms with E-state index in [1.807, 2.05) is 54.9 Å². The minimum Gasteiger partial charge on any atom is -0.457 e. The smallest absolute Gasteiger partial charge is 0.245 e. The second-order valence-corrected chi connectivity index (χ2v) is 18.2. The van der Waals surface area contributed by atoms with E-state index >= 15 is 4.39 Å². The summed E-state index contributed by atoms with van der Waals surface area (Å²) >= 11 is 12.6. The van der Waals surface area contributed by atoms with Gasteiger partial charge in [-0.25, -0.2) is 9.37 Å². The third kappa shape index (κ3) is 10.6. The van der Waals surface area contributed by atoms with Crippen molar-refractivity contribution in [1.82, 2.24) is 34.9 Å². The van der Waals surface area contributed by atoms with E-state index in [9.17, 15) is 24.3 Å². The van der Waals surface area contributed by atoms with Gasteiger partial charge in [0.15, 0.2) is 0 Å². The molecule has 0 spiro atoms. The molecule has 3 fully saturated rings. The van der Waals surface area contributed by atoms with Crippen LogP contribution in [0.25, 0.3) is 11.3 Å². The lowest BCUT2D eigenvalue weighted by Gasteiger charge is -2.45. The van der Waals surface area contributed by atoms with Crippen molar-refractivity contribution in [3.05, 3.63) is 99.7 Å². The quantitative estimate of drug-likeness (QED) is 0.154. The minimum atomic E-state index is -1.39. The molecule has 3 aliphatic rings. The number of aliphatic hydroxyl groups is 1. The maximum absolute atomic E-state index is 16.2. The summed E-state index contributed by atoms with van der Waals surface area (Å²) in [5.74, 6) is -2.06. The molecule has 4 atom stereocenters. The second-order valence-electron chi connectivity index (χ2n) is 17.3. The first-order valence-electron chi connectivity index (χ1n) is 21.1. The van der Waals surface area contributed by atoms with E-state index in [0.29, 0.717) is 49.5 Å². The fraction of sp³-hybridized carbons (Fsp3) is 0.457. The summed E-state index contributed by atoms with van der Waals surface area (Å²) in [4.78, 5) is 66.9. The zero-order valence-electron chi connectivity index (χ0n) is 35.5. The molecule has 1 aliphatic carbocycles. The summed E-state index contributed by atoms with van der Waals surface area (Å²) in [5.41, 5.74) is 1.69. The Morgan fingerprint density at radius 3 is 2.40 bits per heavy atom. The van der Waals surface area contributed by atoms with Crippen LogP contribution in [0.1, 0.15) is 62.4 Å². The van der Waals surface area contributed by atoms with Gasteiger partial charge in [0, 0.05) is 53.6 Å². The average Bonchev–Trinajstić information content (AvgIpc) is 3.99. The number of aromatic nitrogens is 2. The topological polar surface area (TPSA) is 149 Å². The highest BCUT2D eigenvalue weighted by atomic mass is 35.5. The third-order valence-corrected chi connectivity index (χ3v) is 12.6. The summed E-state index contributed by atoms with van der Waals surface area (Å²) < 4.78 is 24.4. The van der Waals surface area contributed by atoms with E-state index in [1.54, 1.807) is 35.4 Å². The average molecular weight is 891 g/mol. The van der Waals surface area contributed by atoms with E-state index in [1.165, 1.54) is 17.9 Å². The summed E-state index contributed by atoms with van der Waals surface area (Å²) in [7, 11) is 5.89. The molecular formula is C46H54Cl2FN7O6. The van der Waals surface area contributed by atoms with E-state index in [4.69, 9.17) is 27.9 Å². The van der Waals surface area contributed by atoms with Crippen molar-refractivity contribution in [1.29, 1.82) is 0 Å². The van der Waals surface area contributed by atoms with Gasteiger partial charge in [-0.3, -0.25) is 19.2 Å². The molecule has 4 amide bonds. The van der Waals surface area contributed by atoms with Crippen LogP contribution >= 0.6 is 23.2 Å². The van der Waals surface area contributed by atoms with Crippen molar-refractivity contribution in [3.8, 4) is 22.8 Å². The normalized spacial score (nSPS) is 22.7. The lowest BCUT2D eigenvalue weighted by atomic mass is 9.81. The van der Waals surface area contributed by atoms with Crippen molar-refractivity contribution >= 4 is 46.8 Å². The molecule has 0 unspecified atom stereocenters. The molecule has 330 valence electrons. The maximum atomic E-state index is 16.2. The van der Waals surface area contributed by atoms with Crippen LogP contribution in [-0.2, 0) is 45.7 Å². The molecule has 1 aromatic heterocycles. The van der Waals surface area contributed by atoms with Crippen molar-refractivity contribution in [2.45, 2.75) is 82.6 Å².